The van der Waals surface area contributed by atoms with E-state index in [0.29, 0.717) is 19.1 Å². The number of hydrogen-bond acceptors (Lipinski definition) is 7. The summed E-state index contributed by atoms with van der Waals surface area (Å²) in [5, 5.41) is 8.38. The van der Waals surface area contributed by atoms with Crippen LogP contribution in [-0.2, 0) is 14.3 Å². The van der Waals surface area contributed by atoms with Gasteiger partial charge in [0.1, 0.15) is 6.04 Å². The molecule has 0 aliphatic carbocycles. The lowest BCUT2D eigenvalue weighted by atomic mass is 10.1. The van der Waals surface area contributed by atoms with E-state index in [9.17, 15) is 14.4 Å². The molecule has 25 heavy (non-hydrogen) atoms. The number of hydrogen-bond donors (Lipinski definition) is 3. The Morgan fingerprint density at radius 3 is 2.88 bits per heavy atom. The zero-order valence-corrected chi connectivity index (χ0v) is 15.3. The molecule has 3 amide bonds. The van der Waals surface area contributed by atoms with Gasteiger partial charge in [-0.05, 0) is 38.4 Å². The molecule has 9 heteroatoms. The maximum Gasteiger partial charge on any atom is 0.413 e. The second kappa shape index (κ2) is 8.37. The van der Waals surface area contributed by atoms with Crippen molar-refractivity contribution in [2.45, 2.75) is 50.2 Å². The molecule has 0 aromatic rings. The Morgan fingerprint density at radius 2 is 2.08 bits per heavy atom. The molecule has 140 valence electrons. The first kappa shape index (κ1) is 18.5. The molecule has 0 saturated carbocycles. The van der Waals surface area contributed by atoms with Crippen LogP contribution in [0.4, 0.5) is 4.79 Å². The minimum Gasteiger partial charge on any atom is -0.450 e. The van der Waals surface area contributed by atoms with E-state index in [1.54, 1.807) is 18.7 Å². The van der Waals surface area contributed by atoms with Crippen molar-refractivity contribution in [1.29, 1.82) is 0 Å². The van der Waals surface area contributed by atoms with Crippen molar-refractivity contribution in [3.05, 3.63) is 0 Å². The Balaban J connectivity index is 1.55. The number of rotatable bonds is 4. The summed E-state index contributed by atoms with van der Waals surface area (Å²) >= 11 is 1.55. The van der Waals surface area contributed by atoms with Crippen LogP contribution in [0.3, 0.4) is 0 Å². The summed E-state index contributed by atoms with van der Waals surface area (Å²) in [7, 11) is 0. The van der Waals surface area contributed by atoms with Gasteiger partial charge in [0, 0.05) is 13.1 Å². The molecule has 3 aliphatic rings. The molecule has 3 fully saturated rings. The van der Waals surface area contributed by atoms with Crippen molar-refractivity contribution in [2.24, 2.45) is 5.92 Å². The van der Waals surface area contributed by atoms with Crippen LogP contribution in [-0.4, -0.2) is 65.8 Å². The minimum absolute atomic E-state index is 0.0368. The van der Waals surface area contributed by atoms with E-state index in [-0.39, 0.29) is 29.8 Å². The van der Waals surface area contributed by atoms with Gasteiger partial charge in [-0.3, -0.25) is 25.1 Å². The van der Waals surface area contributed by atoms with Crippen LogP contribution < -0.4 is 16.0 Å². The van der Waals surface area contributed by atoms with Crippen LogP contribution >= 0.6 is 11.8 Å². The Bertz CT molecular complexity index is 532. The van der Waals surface area contributed by atoms with Gasteiger partial charge in [0.2, 0.25) is 11.8 Å². The van der Waals surface area contributed by atoms with E-state index >= 15 is 0 Å². The molecule has 0 bridgehead atoms. The molecule has 4 atom stereocenters. The summed E-state index contributed by atoms with van der Waals surface area (Å²) in [6.07, 6.45) is 3.58. The molecular formula is C16H26N4O4S. The van der Waals surface area contributed by atoms with Gasteiger partial charge in [0.25, 0.3) is 0 Å². The molecule has 3 saturated heterocycles. The first-order chi connectivity index (χ1) is 12.1. The van der Waals surface area contributed by atoms with E-state index in [0.717, 1.165) is 25.1 Å². The lowest BCUT2D eigenvalue weighted by Crippen LogP contribution is -2.52. The highest BCUT2D eigenvalue weighted by Gasteiger charge is 2.41. The number of amides is 3. The number of alkyl carbamates (subject to hydrolysis) is 1. The highest BCUT2D eigenvalue weighted by atomic mass is 32.2. The summed E-state index contributed by atoms with van der Waals surface area (Å²) < 4.78 is 4.75. The molecule has 4 unspecified atom stereocenters. The first-order valence-corrected chi connectivity index (χ1v) is 10.0. The van der Waals surface area contributed by atoms with Gasteiger partial charge in [-0.2, -0.15) is 0 Å². The number of piperidine rings is 1. The zero-order valence-electron chi connectivity index (χ0n) is 14.5. The smallest absolute Gasteiger partial charge is 0.413 e. The van der Waals surface area contributed by atoms with Gasteiger partial charge in [-0.25, -0.2) is 4.79 Å². The van der Waals surface area contributed by atoms with E-state index in [1.807, 2.05) is 0 Å². The predicted molar refractivity (Wildman–Crippen MR) is 93.8 cm³/mol. The predicted octanol–water partition coefficient (Wildman–Crippen LogP) is 0.238. The van der Waals surface area contributed by atoms with Crippen LogP contribution in [0.5, 0.6) is 0 Å². The average molecular weight is 370 g/mol. The lowest BCUT2D eigenvalue weighted by molar-refractivity contribution is -0.127. The van der Waals surface area contributed by atoms with Gasteiger partial charge in [-0.15, -0.1) is 11.8 Å². The van der Waals surface area contributed by atoms with Crippen molar-refractivity contribution in [1.82, 2.24) is 20.9 Å². The van der Waals surface area contributed by atoms with Crippen LogP contribution in [0.2, 0.25) is 0 Å². The van der Waals surface area contributed by atoms with Gasteiger partial charge in [0.05, 0.1) is 24.1 Å². The molecule has 0 aromatic heterocycles. The van der Waals surface area contributed by atoms with Crippen molar-refractivity contribution in [3.63, 3.8) is 0 Å². The van der Waals surface area contributed by atoms with Crippen molar-refractivity contribution < 1.29 is 19.1 Å². The number of fused-ring (bicyclic) bond motifs is 1. The number of carbonyl (C=O) groups is 3. The fraction of sp³-hybridized carbons (Fsp3) is 0.812. The van der Waals surface area contributed by atoms with Crippen LogP contribution in [0.1, 0.15) is 32.6 Å². The number of thioether (sulfide) groups is 1. The van der Waals surface area contributed by atoms with Crippen LogP contribution in [0, 0.1) is 5.92 Å². The number of nitrogens with zero attached hydrogens (tertiary/aromatic N) is 1. The van der Waals surface area contributed by atoms with Crippen molar-refractivity contribution in [3.8, 4) is 0 Å². The molecule has 8 nitrogen and oxygen atoms in total. The standard InChI is InChI=1S/C16H26N4O4S/c1-2-24-16(23)19-13(21)10-6-8-25-15(10)18-14(22)11-9-17-12-5-3-4-7-20(11)12/h10-12,15,17H,2-9H2,1H3,(H,18,22)(H,19,21,23). The Kier molecular flexibility index (Phi) is 6.19. The molecule has 0 aromatic carbocycles. The Hall–Kier alpha value is -1.32. The fourth-order valence-electron chi connectivity index (χ4n) is 3.75. The average Bonchev–Trinajstić information content (AvgIpc) is 3.21. The normalized spacial score (nSPS) is 32.0. The quantitative estimate of drug-likeness (QED) is 0.652. The number of imide groups is 1. The SMILES string of the molecule is CCOC(=O)NC(=O)C1CCSC1NC(=O)C1CNC2CCCCN21. The molecule has 3 heterocycles. The third-order valence-corrected chi connectivity index (χ3v) is 6.28. The van der Waals surface area contributed by atoms with Crippen LogP contribution in [0.15, 0.2) is 0 Å². The zero-order chi connectivity index (χ0) is 17.8. The molecule has 3 aliphatic heterocycles. The maximum atomic E-state index is 12.7. The third-order valence-electron chi connectivity index (χ3n) is 5.01. The van der Waals surface area contributed by atoms with E-state index in [2.05, 4.69) is 20.9 Å². The lowest BCUT2D eigenvalue weighted by Gasteiger charge is -2.33. The highest BCUT2D eigenvalue weighted by molar-refractivity contribution is 8.00. The van der Waals surface area contributed by atoms with Gasteiger partial charge in [0.15, 0.2) is 0 Å². The third kappa shape index (κ3) is 4.27. The molecule has 3 N–H and O–H groups in total. The second-order valence-corrected chi connectivity index (χ2v) is 7.83. The Labute approximate surface area is 151 Å². The summed E-state index contributed by atoms with van der Waals surface area (Å²) in [5.74, 6) is -0.0505. The van der Waals surface area contributed by atoms with Crippen molar-refractivity contribution >= 4 is 29.7 Å². The number of carbonyl (C=O) groups excluding carboxylic acids is 3. The van der Waals surface area contributed by atoms with Gasteiger partial charge >= 0.3 is 6.09 Å². The largest absolute Gasteiger partial charge is 0.450 e. The molecule has 0 spiro atoms. The Morgan fingerprint density at radius 1 is 1.24 bits per heavy atom. The van der Waals surface area contributed by atoms with Crippen LogP contribution in [0.25, 0.3) is 0 Å². The van der Waals surface area contributed by atoms with Crippen molar-refractivity contribution in [2.75, 3.05) is 25.4 Å². The van der Waals surface area contributed by atoms with Gasteiger partial charge in [-0.1, -0.05) is 0 Å². The van der Waals surface area contributed by atoms with E-state index in [1.165, 1.54) is 6.42 Å². The first-order valence-electron chi connectivity index (χ1n) is 8.99. The fourth-order valence-corrected chi connectivity index (χ4v) is 5.09. The molecule has 3 rings (SSSR count). The summed E-state index contributed by atoms with van der Waals surface area (Å²) in [6.45, 7) is 3.47. The minimum atomic E-state index is -0.731. The summed E-state index contributed by atoms with van der Waals surface area (Å²) in [4.78, 5) is 38.7. The highest BCUT2D eigenvalue weighted by Crippen LogP contribution is 2.31. The molecular weight excluding hydrogens is 344 g/mol. The van der Waals surface area contributed by atoms with Gasteiger partial charge < -0.3 is 10.1 Å². The maximum absolute atomic E-state index is 12.7. The topological polar surface area (TPSA) is 99.8 Å². The number of nitrogens with one attached hydrogen (secondary N) is 3. The summed E-state index contributed by atoms with van der Waals surface area (Å²) in [5.41, 5.74) is 0. The summed E-state index contributed by atoms with van der Waals surface area (Å²) in [6, 6.07) is -0.180. The second-order valence-electron chi connectivity index (χ2n) is 6.58. The number of ether oxygens (including phenoxy) is 1. The molecule has 0 radical (unpaired) electrons. The van der Waals surface area contributed by atoms with E-state index < -0.39 is 12.0 Å². The monoisotopic (exact) mass is 370 g/mol. The van der Waals surface area contributed by atoms with E-state index in [4.69, 9.17) is 4.74 Å².